The maximum Gasteiger partial charge on any atom is 0.256 e. The van der Waals surface area contributed by atoms with Crippen LogP contribution in [0.5, 0.6) is 0 Å². The molecule has 0 aromatic heterocycles. The van der Waals surface area contributed by atoms with Gasteiger partial charge >= 0.3 is 0 Å². The summed E-state index contributed by atoms with van der Waals surface area (Å²) in [5.74, 6) is -0.562. The summed E-state index contributed by atoms with van der Waals surface area (Å²) in [5, 5.41) is 2.65. The summed E-state index contributed by atoms with van der Waals surface area (Å²) in [6.07, 6.45) is 0.956. The maximum atomic E-state index is 12.6. The van der Waals surface area contributed by atoms with Gasteiger partial charge in [-0.25, -0.2) is 16.8 Å². The Morgan fingerprint density at radius 3 is 2.00 bits per heavy atom. The standard InChI is InChI=1S/C19H24N2O5S2/c1-3-13-27(23,24)18-8-6-5-7-17(18)19(22)20-15-9-11-16(12-10-15)21-28(25,26)14-4-2/h5-12,21H,3-4,13-14H2,1-2H3,(H,20,22). The van der Waals surface area contributed by atoms with Gasteiger partial charge in [0.15, 0.2) is 9.84 Å². The molecule has 0 saturated heterocycles. The molecule has 0 aliphatic carbocycles. The van der Waals surface area contributed by atoms with Crippen LogP contribution in [0.25, 0.3) is 0 Å². The van der Waals surface area contributed by atoms with Crippen molar-refractivity contribution in [2.24, 2.45) is 0 Å². The highest BCUT2D eigenvalue weighted by atomic mass is 32.2. The lowest BCUT2D eigenvalue weighted by Crippen LogP contribution is -2.18. The number of rotatable bonds is 9. The Labute approximate surface area is 166 Å². The molecule has 0 bridgehead atoms. The lowest BCUT2D eigenvalue weighted by molar-refractivity contribution is 0.102. The summed E-state index contributed by atoms with van der Waals surface area (Å²) in [7, 11) is -6.94. The Hall–Kier alpha value is -2.39. The third-order valence-electron chi connectivity index (χ3n) is 3.83. The van der Waals surface area contributed by atoms with E-state index in [1.165, 1.54) is 24.3 Å². The van der Waals surface area contributed by atoms with Crippen LogP contribution in [-0.2, 0) is 19.9 Å². The number of hydrogen-bond acceptors (Lipinski definition) is 5. The van der Waals surface area contributed by atoms with Gasteiger partial charge in [-0.05, 0) is 49.2 Å². The summed E-state index contributed by atoms with van der Waals surface area (Å²) < 4.78 is 50.8. The predicted molar refractivity (Wildman–Crippen MR) is 111 cm³/mol. The van der Waals surface area contributed by atoms with E-state index in [2.05, 4.69) is 10.0 Å². The Bertz CT molecular complexity index is 1030. The van der Waals surface area contributed by atoms with Crippen LogP contribution in [0.3, 0.4) is 0 Å². The molecule has 2 aromatic rings. The minimum Gasteiger partial charge on any atom is -0.322 e. The minimum absolute atomic E-state index is 0.00158. The molecule has 1 amide bonds. The van der Waals surface area contributed by atoms with E-state index < -0.39 is 25.8 Å². The molecule has 152 valence electrons. The number of anilines is 2. The maximum absolute atomic E-state index is 12.6. The number of carbonyl (C=O) groups excluding carboxylic acids is 1. The molecule has 0 atom stereocenters. The average Bonchev–Trinajstić information content (AvgIpc) is 2.63. The largest absolute Gasteiger partial charge is 0.322 e. The number of sulfonamides is 1. The number of benzene rings is 2. The Morgan fingerprint density at radius 2 is 1.39 bits per heavy atom. The van der Waals surface area contributed by atoms with Crippen molar-refractivity contribution < 1.29 is 21.6 Å². The first-order valence-corrected chi connectivity index (χ1v) is 12.2. The third kappa shape index (κ3) is 5.80. The van der Waals surface area contributed by atoms with Crippen molar-refractivity contribution >= 4 is 37.1 Å². The molecule has 0 aliphatic heterocycles. The lowest BCUT2D eigenvalue weighted by atomic mass is 10.2. The quantitative estimate of drug-likeness (QED) is 0.642. The fourth-order valence-corrected chi connectivity index (χ4v) is 5.30. The molecule has 0 saturated carbocycles. The van der Waals surface area contributed by atoms with Crippen LogP contribution in [0.15, 0.2) is 53.4 Å². The molecule has 0 aliphatic rings. The second kappa shape index (κ2) is 9.20. The molecular weight excluding hydrogens is 400 g/mol. The van der Waals surface area contributed by atoms with Gasteiger partial charge in [0.2, 0.25) is 10.0 Å². The third-order valence-corrected chi connectivity index (χ3v) is 7.29. The van der Waals surface area contributed by atoms with E-state index in [4.69, 9.17) is 0 Å². The van der Waals surface area contributed by atoms with Crippen LogP contribution < -0.4 is 10.0 Å². The first-order chi connectivity index (χ1) is 13.2. The Balaban J connectivity index is 2.18. The number of hydrogen-bond donors (Lipinski definition) is 2. The molecule has 2 rings (SSSR count). The van der Waals surface area contributed by atoms with E-state index in [1.807, 2.05) is 0 Å². The summed E-state index contributed by atoms with van der Waals surface area (Å²) >= 11 is 0. The SMILES string of the molecule is CCCS(=O)(=O)Nc1ccc(NC(=O)c2ccccc2S(=O)(=O)CCC)cc1. The van der Waals surface area contributed by atoms with E-state index in [0.29, 0.717) is 24.2 Å². The molecule has 0 radical (unpaired) electrons. The summed E-state index contributed by atoms with van der Waals surface area (Å²) in [6, 6.07) is 12.2. The average molecular weight is 425 g/mol. The first-order valence-electron chi connectivity index (χ1n) is 8.92. The van der Waals surface area contributed by atoms with E-state index in [9.17, 15) is 21.6 Å². The molecule has 2 N–H and O–H groups in total. The van der Waals surface area contributed by atoms with Crippen LogP contribution in [0.1, 0.15) is 37.0 Å². The van der Waals surface area contributed by atoms with Crippen LogP contribution in [-0.4, -0.2) is 34.2 Å². The lowest BCUT2D eigenvalue weighted by Gasteiger charge is -2.11. The fourth-order valence-electron chi connectivity index (χ4n) is 2.62. The normalized spacial score (nSPS) is 11.8. The Kier molecular flexibility index (Phi) is 7.20. The highest BCUT2D eigenvalue weighted by Crippen LogP contribution is 2.21. The van der Waals surface area contributed by atoms with E-state index in [1.54, 1.807) is 38.1 Å². The van der Waals surface area contributed by atoms with Crippen molar-refractivity contribution in [3.05, 3.63) is 54.1 Å². The van der Waals surface area contributed by atoms with Gasteiger partial charge in [0, 0.05) is 11.4 Å². The van der Waals surface area contributed by atoms with Crippen molar-refractivity contribution in [3.63, 3.8) is 0 Å². The van der Waals surface area contributed by atoms with E-state index >= 15 is 0 Å². The summed E-state index contributed by atoms with van der Waals surface area (Å²) in [4.78, 5) is 12.6. The highest BCUT2D eigenvalue weighted by molar-refractivity contribution is 7.92. The number of carbonyl (C=O) groups is 1. The summed E-state index contributed by atoms with van der Waals surface area (Å²) in [5.41, 5.74) is 0.882. The zero-order chi connectivity index (χ0) is 20.8. The molecule has 0 fully saturated rings. The molecule has 7 nitrogen and oxygen atoms in total. The first kappa shape index (κ1) is 21.9. The molecule has 0 unspecified atom stereocenters. The number of sulfone groups is 1. The van der Waals surface area contributed by atoms with E-state index in [0.717, 1.165) is 0 Å². The Morgan fingerprint density at radius 1 is 0.821 bits per heavy atom. The molecule has 0 heterocycles. The fraction of sp³-hybridized carbons (Fsp3) is 0.316. The zero-order valence-electron chi connectivity index (χ0n) is 15.8. The van der Waals surface area contributed by atoms with Crippen LogP contribution >= 0.6 is 0 Å². The topological polar surface area (TPSA) is 109 Å². The van der Waals surface area contributed by atoms with Crippen molar-refractivity contribution in [2.45, 2.75) is 31.6 Å². The minimum atomic E-state index is -3.55. The van der Waals surface area contributed by atoms with Crippen molar-refractivity contribution in [2.75, 3.05) is 21.5 Å². The second-order valence-corrected chi connectivity index (χ2v) is 10.2. The van der Waals surface area contributed by atoms with Gasteiger partial charge in [0.25, 0.3) is 5.91 Å². The van der Waals surface area contributed by atoms with Crippen LogP contribution in [0.4, 0.5) is 11.4 Å². The van der Waals surface area contributed by atoms with Crippen molar-refractivity contribution in [1.82, 2.24) is 0 Å². The molecule has 9 heteroatoms. The van der Waals surface area contributed by atoms with Gasteiger partial charge in [-0.15, -0.1) is 0 Å². The number of nitrogens with one attached hydrogen (secondary N) is 2. The molecule has 28 heavy (non-hydrogen) atoms. The number of amides is 1. The van der Waals surface area contributed by atoms with Crippen LogP contribution in [0, 0.1) is 0 Å². The van der Waals surface area contributed by atoms with E-state index in [-0.39, 0.29) is 22.0 Å². The van der Waals surface area contributed by atoms with Crippen LogP contribution in [0.2, 0.25) is 0 Å². The van der Waals surface area contributed by atoms with Gasteiger partial charge in [-0.1, -0.05) is 26.0 Å². The van der Waals surface area contributed by atoms with Gasteiger partial charge in [-0.3, -0.25) is 9.52 Å². The second-order valence-electron chi connectivity index (χ2n) is 6.27. The predicted octanol–water partition coefficient (Wildman–Crippen LogP) is 3.27. The molecular formula is C19H24N2O5S2. The van der Waals surface area contributed by atoms with Gasteiger partial charge in [0.1, 0.15) is 0 Å². The van der Waals surface area contributed by atoms with Crippen molar-refractivity contribution in [3.8, 4) is 0 Å². The van der Waals surface area contributed by atoms with Gasteiger partial charge in [0.05, 0.1) is 22.0 Å². The smallest absolute Gasteiger partial charge is 0.256 e. The van der Waals surface area contributed by atoms with Gasteiger partial charge in [-0.2, -0.15) is 0 Å². The van der Waals surface area contributed by atoms with Crippen molar-refractivity contribution in [1.29, 1.82) is 0 Å². The van der Waals surface area contributed by atoms with Gasteiger partial charge < -0.3 is 5.32 Å². The zero-order valence-corrected chi connectivity index (χ0v) is 17.4. The highest BCUT2D eigenvalue weighted by Gasteiger charge is 2.21. The summed E-state index contributed by atoms with van der Waals surface area (Å²) in [6.45, 7) is 3.53. The monoisotopic (exact) mass is 424 g/mol. The molecule has 0 spiro atoms. The molecule has 2 aromatic carbocycles.